The van der Waals surface area contributed by atoms with E-state index in [0.29, 0.717) is 18.9 Å². The molecule has 2 rings (SSSR count). The van der Waals surface area contributed by atoms with Crippen LogP contribution in [0, 0.1) is 5.82 Å². The fraction of sp³-hybridized carbons (Fsp3) is 0.417. The molecule has 3 nitrogen and oxygen atoms in total. The smallest absolute Gasteiger partial charge is 0.419 e. The molecule has 1 aliphatic rings. The van der Waals surface area contributed by atoms with Gasteiger partial charge in [0.25, 0.3) is 0 Å². The third-order valence-corrected chi connectivity index (χ3v) is 3.50. The largest absolute Gasteiger partial charge is 0.480 e. The lowest BCUT2D eigenvalue weighted by Gasteiger charge is -2.21. The number of hydrogen-bond acceptors (Lipinski definition) is 2. The van der Waals surface area contributed by atoms with Gasteiger partial charge < -0.3 is 10.8 Å². The maximum Gasteiger partial charge on any atom is 0.419 e. The molecule has 19 heavy (non-hydrogen) atoms. The molecule has 0 bridgehead atoms. The molecule has 0 aliphatic heterocycles. The minimum Gasteiger partial charge on any atom is -0.480 e. The van der Waals surface area contributed by atoms with Crippen molar-refractivity contribution in [2.75, 3.05) is 0 Å². The van der Waals surface area contributed by atoms with Crippen LogP contribution in [0.3, 0.4) is 0 Å². The summed E-state index contributed by atoms with van der Waals surface area (Å²) in [5, 5.41) is 8.87. The van der Waals surface area contributed by atoms with Gasteiger partial charge in [-0.1, -0.05) is 6.07 Å². The van der Waals surface area contributed by atoms with E-state index in [1.165, 1.54) is 0 Å². The third-order valence-electron chi connectivity index (χ3n) is 3.50. The van der Waals surface area contributed by atoms with Crippen molar-refractivity contribution in [3.05, 3.63) is 35.1 Å². The third kappa shape index (κ3) is 2.30. The Labute approximate surface area is 106 Å². The van der Waals surface area contributed by atoms with Gasteiger partial charge in [-0.2, -0.15) is 13.2 Å². The average molecular weight is 277 g/mol. The first-order valence-electron chi connectivity index (χ1n) is 5.54. The molecule has 0 amide bonds. The van der Waals surface area contributed by atoms with Crippen molar-refractivity contribution >= 4 is 5.97 Å². The highest BCUT2D eigenvalue weighted by Gasteiger charge is 2.52. The van der Waals surface area contributed by atoms with Crippen molar-refractivity contribution in [3.63, 3.8) is 0 Å². The molecule has 1 atom stereocenters. The van der Waals surface area contributed by atoms with Gasteiger partial charge in [0, 0.05) is 5.41 Å². The van der Waals surface area contributed by atoms with Crippen LogP contribution < -0.4 is 5.73 Å². The Morgan fingerprint density at radius 2 is 1.95 bits per heavy atom. The van der Waals surface area contributed by atoms with Gasteiger partial charge in [0.15, 0.2) is 0 Å². The number of hydrogen-bond donors (Lipinski definition) is 2. The summed E-state index contributed by atoms with van der Waals surface area (Å²) in [4.78, 5) is 10.9. The monoisotopic (exact) mass is 277 g/mol. The van der Waals surface area contributed by atoms with Gasteiger partial charge in [-0.05, 0) is 30.5 Å². The summed E-state index contributed by atoms with van der Waals surface area (Å²) in [6.07, 6.45) is -3.93. The van der Waals surface area contributed by atoms with E-state index in [1.807, 2.05) is 0 Å². The van der Waals surface area contributed by atoms with E-state index in [-0.39, 0.29) is 5.56 Å². The van der Waals surface area contributed by atoms with Crippen molar-refractivity contribution in [3.8, 4) is 0 Å². The van der Waals surface area contributed by atoms with E-state index >= 15 is 0 Å². The lowest BCUT2D eigenvalue weighted by atomic mass is 9.88. The fourth-order valence-electron chi connectivity index (χ4n) is 2.20. The molecule has 7 heteroatoms. The first-order valence-corrected chi connectivity index (χ1v) is 5.54. The number of carboxylic acid groups (broad SMARTS) is 1. The van der Waals surface area contributed by atoms with E-state index in [1.54, 1.807) is 0 Å². The highest BCUT2D eigenvalue weighted by atomic mass is 19.4. The summed E-state index contributed by atoms with van der Waals surface area (Å²) in [7, 11) is 0. The summed E-state index contributed by atoms with van der Waals surface area (Å²) < 4.78 is 50.7. The topological polar surface area (TPSA) is 63.3 Å². The Kier molecular flexibility index (Phi) is 3.04. The molecule has 0 radical (unpaired) electrons. The van der Waals surface area contributed by atoms with Gasteiger partial charge in [0.1, 0.15) is 11.9 Å². The summed E-state index contributed by atoms with van der Waals surface area (Å²) in [5.41, 5.74) is 3.41. The summed E-state index contributed by atoms with van der Waals surface area (Å²) in [6.45, 7) is 0. The second-order valence-corrected chi connectivity index (χ2v) is 4.66. The zero-order chi connectivity index (χ0) is 14.4. The maximum absolute atomic E-state index is 13.5. The van der Waals surface area contributed by atoms with Crippen LogP contribution in [0.4, 0.5) is 17.6 Å². The minimum absolute atomic E-state index is 0.202. The Morgan fingerprint density at radius 3 is 2.32 bits per heavy atom. The fourth-order valence-corrected chi connectivity index (χ4v) is 2.20. The van der Waals surface area contributed by atoms with E-state index in [0.717, 1.165) is 12.1 Å². The van der Waals surface area contributed by atoms with Gasteiger partial charge in [0.2, 0.25) is 0 Å². The Bertz CT molecular complexity index is 523. The van der Waals surface area contributed by atoms with Crippen molar-refractivity contribution in [2.45, 2.75) is 30.5 Å². The molecular weight excluding hydrogens is 266 g/mol. The van der Waals surface area contributed by atoms with E-state index < -0.39 is 35.0 Å². The Hall–Kier alpha value is -1.63. The standard InChI is InChI=1S/C12H11F4NO2/c13-8-5-6(1-2-7(8)12(14,15)16)11(3-4-11)9(17)10(18)19/h1-2,5,9H,3-4,17H2,(H,18,19). The summed E-state index contributed by atoms with van der Waals surface area (Å²) >= 11 is 0. The van der Waals surface area contributed by atoms with Crippen molar-refractivity contribution in [2.24, 2.45) is 5.73 Å². The number of aliphatic carboxylic acids is 1. The number of carboxylic acids is 1. The molecule has 1 aromatic rings. The molecule has 1 unspecified atom stereocenters. The Balaban J connectivity index is 2.39. The molecule has 1 aliphatic carbocycles. The maximum atomic E-state index is 13.5. The van der Waals surface area contributed by atoms with Crippen LogP contribution in [-0.2, 0) is 16.4 Å². The molecule has 0 saturated heterocycles. The predicted octanol–water partition coefficient (Wildman–Crippen LogP) is 2.29. The van der Waals surface area contributed by atoms with Crippen LogP contribution in [0.15, 0.2) is 18.2 Å². The molecule has 104 valence electrons. The SMILES string of the molecule is NC(C(=O)O)C1(c2ccc(C(F)(F)F)c(F)c2)CC1. The highest BCUT2D eigenvalue weighted by molar-refractivity contribution is 5.77. The van der Waals surface area contributed by atoms with Crippen LogP contribution in [0.25, 0.3) is 0 Å². The minimum atomic E-state index is -4.77. The van der Waals surface area contributed by atoms with E-state index in [2.05, 4.69) is 0 Å². The summed E-state index contributed by atoms with van der Waals surface area (Å²) in [5.74, 6) is -2.66. The van der Waals surface area contributed by atoms with Crippen molar-refractivity contribution in [1.82, 2.24) is 0 Å². The van der Waals surface area contributed by atoms with Gasteiger partial charge in [-0.25, -0.2) is 4.39 Å². The number of rotatable bonds is 3. The van der Waals surface area contributed by atoms with Crippen LogP contribution in [0.5, 0.6) is 0 Å². The van der Waals surface area contributed by atoms with Crippen LogP contribution in [-0.4, -0.2) is 17.1 Å². The first-order chi connectivity index (χ1) is 8.68. The quantitative estimate of drug-likeness (QED) is 0.833. The highest BCUT2D eigenvalue weighted by Crippen LogP contribution is 2.51. The molecule has 1 saturated carbocycles. The summed E-state index contributed by atoms with van der Waals surface area (Å²) in [6, 6.07) is 1.21. The molecular formula is C12H11F4NO2. The van der Waals surface area contributed by atoms with Crippen LogP contribution >= 0.6 is 0 Å². The number of halogens is 4. The molecule has 1 fully saturated rings. The number of nitrogens with two attached hydrogens (primary N) is 1. The second-order valence-electron chi connectivity index (χ2n) is 4.66. The van der Waals surface area contributed by atoms with E-state index in [9.17, 15) is 22.4 Å². The zero-order valence-electron chi connectivity index (χ0n) is 9.67. The van der Waals surface area contributed by atoms with Crippen molar-refractivity contribution < 1.29 is 27.5 Å². The zero-order valence-corrected chi connectivity index (χ0v) is 9.67. The normalized spacial score (nSPS) is 19.0. The molecule has 0 aromatic heterocycles. The first kappa shape index (κ1) is 13.8. The molecule has 3 N–H and O–H groups in total. The van der Waals surface area contributed by atoms with Crippen molar-refractivity contribution in [1.29, 1.82) is 0 Å². The average Bonchev–Trinajstić information content (AvgIpc) is 3.07. The second kappa shape index (κ2) is 4.19. The van der Waals surface area contributed by atoms with Crippen LogP contribution in [0.2, 0.25) is 0 Å². The number of alkyl halides is 3. The van der Waals surface area contributed by atoms with Gasteiger partial charge in [-0.15, -0.1) is 0 Å². The van der Waals surface area contributed by atoms with Gasteiger partial charge in [-0.3, -0.25) is 4.79 Å². The van der Waals surface area contributed by atoms with Crippen LogP contribution in [0.1, 0.15) is 24.0 Å². The molecule has 1 aromatic carbocycles. The number of carbonyl (C=O) groups is 1. The molecule has 0 heterocycles. The lowest BCUT2D eigenvalue weighted by Crippen LogP contribution is -2.42. The number of benzene rings is 1. The van der Waals surface area contributed by atoms with Gasteiger partial charge >= 0.3 is 12.1 Å². The molecule has 0 spiro atoms. The van der Waals surface area contributed by atoms with Gasteiger partial charge in [0.05, 0.1) is 5.56 Å². The predicted molar refractivity (Wildman–Crippen MR) is 57.9 cm³/mol. The lowest BCUT2D eigenvalue weighted by molar-refractivity contribution is -0.141. The Morgan fingerprint density at radius 1 is 1.37 bits per heavy atom. The van der Waals surface area contributed by atoms with E-state index in [4.69, 9.17) is 10.8 Å².